The van der Waals surface area contributed by atoms with Crippen LogP contribution in [0.3, 0.4) is 0 Å². The van der Waals surface area contributed by atoms with Crippen LogP contribution in [0.2, 0.25) is 0 Å². The molecule has 0 fully saturated rings. The number of pyridine rings is 1. The van der Waals surface area contributed by atoms with Gasteiger partial charge in [0.05, 0.1) is 11.8 Å². The summed E-state index contributed by atoms with van der Waals surface area (Å²) in [6, 6.07) is 7.85. The second-order valence-corrected chi connectivity index (χ2v) is 6.72. The molecule has 1 aliphatic heterocycles. The van der Waals surface area contributed by atoms with E-state index in [1.807, 2.05) is 33.8 Å². The molecule has 0 unspecified atom stereocenters. The Morgan fingerprint density at radius 3 is 2.74 bits per heavy atom. The summed E-state index contributed by atoms with van der Waals surface area (Å²) in [5.41, 5.74) is 10.2. The normalized spacial score (nSPS) is 13.1. The van der Waals surface area contributed by atoms with E-state index >= 15 is 0 Å². The molecule has 2 N–H and O–H groups in total. The number of carbonyl (C=O) groups is 1. The van der Waals surface area contributed by atoms with Crippen LogP contribution in [0.4, 0.5) is 11.4 Å². The Labute approximate surface area is 170 Å². The summed E-state index contributed by atoms with van der Waals surface area (Å²) in [6.07, 6.45) is 5.23. The van der Waals surface area contributed by atoms with Gasteiger partial charge in [-0.25, -0.2) is 9.67 Å². The number of fused-ring (bicyclic) bond motifs is 2. The Kier molecular flexibility index (Phi) is 6.34. The van der Waals surface area contributed by atoms with E-state index in [0.717, 1.165) is 40.8 Å². The van der Waals surface area contributed by atoms with E-state index in [-0.39, 0.29) is 36.8 Å². The first-order valence-corrected chi connectivity index (χ1v) is 8.59. The van der Waals surface area contributed by atoms with Crippen molar-refractivity contribution in [2.24, 2.45) is 0 Å². The quantitative estimate of drug-likeness (QED) is 0.650. The molecule has 8 heteroatoms. The second kappa shape index (κ2) is 8.15. The number of carbonyl (C=O) groups excluding carboxylic acids is 1. The molecule has 144 valence electrons. The van der Waals surface area contributed by atoms with Gasteiger partial charge in [-0.1, -0.05) is 6.07 Å². The summed E-state index contributed by atoms with van der Waals surface area (Å²) in [5.74, 6) is -0.0433. The van der Waals surface area contributed by atoms with Crippen LogP contribution in [-0.4, -0.2) is 27.2 Å². The van der Waals surface area contributed by atoms with E-state index in [1.54, 1.807) is 12.4 Å². The van der Waals surface area contributed by atoms with Crippen molar-refractivity contribution < 1.29 is 4.79 Å². The van der Waals surface area contributed by atoms with Crippen molar-refractivity contribution in [3.8, 4) is 0 Å². The molecule has 3 aromatic rings. The van der Waals surface area contributed by atoms with Crippen molar-refractivity contribution >= 4 is 53.1 Å². The molecule has 0 saturated heterocycles. The van der Waals surface area contributed by atoms with Gasteiger partial charge in [0.2, 0.25) is 0 Å². The third kappa shape index (κ3) is 3.59. The highest BCUT2D eigenvalue weighted by molar-refractivity contribution is 6.08. The van der Waals surface area contributed by atoms with Gasteiger partial charge in [0.25, 0.3) is 5.91 Å². The number of halogens is 2. The van der Waals surface area contributed by atoms with Crippen molar-refractivity contribution in [2.45, 2.75) is 32.7 Å². The van der Waals surface area contributed by atoms with Crippen molar-refractivity contribution in [2.75, 3.05) is 17.2 Å². The summed E-state index contributed by atoms with van der Waals surface area (Å²) in [6.45, 7) is 4.81. The van der Waals surface area contributed by atoms with Crippen LogP contribution in [0.5, 0.6) is 0 Å². The van der Waals surface area contributed by atoms with Crippen LogP contribution in [-0.2, 0) is 6.42 Å². The van der Waals surface area contributed by atoms with Crippen LogP contribution in [0.1, 0.15) is 42.2 Å². The molecule has 0 saturated carbocycles. The number of rotatable bonds is 2. The molecular formula is C19H23Cl2N5O. The van der Waals surface area contributed by atoms with Gasteiger partial charge in [0.1, 0.15) is 0 Å². The van der Waals surface area contributed by atoms with Gasteiger partial charge in [-0.15, -0.1) is 24.8 Å². The molecular weight excluding hydrogens is 385 g/mol. The number of nitrogens with zero attached hydrogens (tertiary/aromatic N) is 4. The number of hydrogen-bond donors (Lipinski definition) is 1. The van der Waals surface area contributed by atoms with Gasteiger partial charge < -0.3 is 10.6 Å². The highest BCUT2D eigenvalue weighted by Gasteiger charge is 2.25. The van der Waals surface area contributed by atoms with Gasteiger partial charge in [-0.05, 0) is 50.5 Å². The first-order valence-electron chi connectivity index (χ1n) is 8.59. The fraction of sp³-hybridized carbons (Fsp3) is 0.316. The van der Waals surface area contributed by atoms with Gasteiger partial charge in [-0.3, -0.25) is 4.79 Å². The van der Waals surface area contributed by atoms with Crippen molar-refractivity contribution in [1.82, 2.24) is 14.8 Å². The van der Waals surface area contributed by atoms with E-state index in [2.05, 4.69) is 23.9 Å². The lowest BCUT2D eigenvalue weighted by atomic mass is 9.99. The number of benzene rings is 1. The predicted octanol–water partition coefficient (Wildman–Crippen LogP) is 4.03. The lowest BCUT2D eigenvalue weighted by Gasteiger charge is -2.30. The fourth-order valence-corrected chi connectivity index (χ4v) is 3.45. The van der Waals surface area contributed by atoms with Crippen LogP contribution in [0.15, 0.2) is 36.7 Å². The molecule has 0 atom stereocenters. The molecule has 27 heavy (non-hydrogen) atoms. The number of aromatic nitrogens is 3. The second-order valence-electron chi connectivity index (χ2n) is 6.72. The zero-order chi connectivity index (χ0) is 17.6. The number of anilines is 2. The smallest absolute Gasteiger partial charge is 0.259 e. The minimum absolute atomic E-state index is 0. The third-order valence-electron chi connectivity index (χ3n) is 4.70. The largest absolute Gasteiger partial charge is 0.398 e. The van der Waals surface area contributed by atoms with Crippen LogP contribution in [0, 0.1) is 0 Å². The van der Waals surface area contributed by atoms with Gasteiger partial charge in [0.15, 0.2) is 5.65 Å². The minimum atomic E-state index is -0.0433. The Morgan fingerprint density at radius 2 is 2.00 bits per heavy atom. The van der Waals surface area contributed by atoms with Crippen molar-refractivity contribution in [3.63, 3.8) is 0 Å². The first kappa shape index (κ1) is 21.0. The fourth-order valence-electron chi connectivity index (χ4n) is 3.45. The standard InChI is InChI=1S/C19H21N5O.2ClH/c1-12(2)24-18-13(11-22-24)9-14(10-21-18)19(25)23-8-4-5-15-16(20)6-3-7-17(15)23;;/h3,6-7,9-12H,4-5,8,20H2,1-2H3;2*1H. The zero-order valence-electron chi connectivity index (χ0n) is 15.3. The Balaban J connectivity index is 0.00000131. The van der Waals surface area contributed by atoms with E-state index in [4.69, 9.17) is 5.73 Å². The number of amides is 1. The predicted molar refractivity (Wildman–Crippen MR) is 113 cm³/mol. The van der Waals surface area contributed by atoms with Gasteiger partial charge in [0, 0.05) is 35.5 Å². The summed E-state index contributed by atoms with van der Waals surface area (Å²) >= 11 is 0. The summed E-state index contributed by atoms with van der Waals surface area (Å²) in [5, 5.41) is 5.25. The lowest BCUT2D eigenvalue weighted by molar-refractivity contribution is 0.0985. The molecule has 4 rings (SSSR count). The molecule has 0 aliphatic carbocycles. The van der Waals surface area contributed by atoms with E-state index in [0.29, 0.717) is 12.1 Å². The average Bonchev–Trinajstić information content (AvgIpc) is 3.04. The Bertz CT molecular complexity index is 970. The molecule has 1 amide bonds. The number of hydrogen-bond acceptors (Lipinski definition) is 4. The molecule has 6 nitrogen and oxygen atoms in total. The molecule has 0 radical (unpaired) electrons. The first-order chi connectivity index (χ1) is 12.1. The lowest BCUT2D eigenvalue weighted by Crippen LogP contribution is -2.35. The van der Waals surface area contributed by atoms with Gasteiger partial charge in [-0.2, -0.15) is 5.10 Å². The maximum absolute atomic E-state index is 13.1. The van der Waals surface area contributed by atoms with Crippen LogP contribution >= 0.6 is 24.8 Å². The highest BCUT2D eigenvalue weighted by Crippen LogP contribution is 2.32. The maximum atomic E-state index is 13.1. The van der Waals surface area contributed by atoms with E-state index in [9.17, 15) is 4.79 Å². The molecule has 0 bridgehead atoms. The number of nitrogen functional groups attached to an aromatic ring is 1. The Morgan fingerprint density at radius 1 is 1.22 bits per heavy atom. The van der Waals surface area contributed by atoms with Crippen LogP contribution < -0.4 is 10.6 Å². The minimum Gasteiger partial charge on any atom is -0.398 e. The van der Waals surface area contributed by atoms with Crippen molar-refractivity contribution in [1.29, 1.82) is 0 Å². The summed E-state index contributed by atoms with van der Waals surface area (Å²) < 4.78 is 1.86. The van der Waals surface area contributed by atoms with Gasteiger partial charge >= 0.3 is 0 Å². The molecule has 2 aromatic heterocycles. The van der Waals surface area contributed by atoms with E-state index in [1.165, 1.54) is 0 Å². The molecule has 0 spiro atoms. The third-order valence-corrected chi connectivity index (χ3v) is 4.70. The molecule has 1 aromatic carbocycles. The summed E-state index contributed by atoms with van der Waals surface area (Å²) in [4.78, 5) is 19.4. The molecule has 3 heterocycles. The maximum Gasteiger partial charge on any atom is 0.259 e. The Hall–Kier alpha value is -2.31. The topological polar surface area (TPSA) is 77.0 Å². The monoisotopic (exact) mass is 407 g/mol. The SMILES string of the molecule is CC(C)n1ncc2cc(C(=O)N3CCCc4c(N)cccc43)cnc21.Cl.Cl. The summed E-state index contributed by atoms with van der Waals surface area (Å²) in [7, 11) is 0. The molecule has 1 aliphatic rings. The average molecular weight is 408 g/mol. The zero-order valence-corrected chi connectivity index (χ0v) is 16.9. The van der Waals surface area contributed by atoms with Crippen LogP contribution in [0.25, 0.3) is 11.0 Å². The van der Waals surface area contributed by atoms with Crippen molar-refractivity contribution in [3.05, 3.63) is 47.8 Å². The highest BCUT2D eigenvalue weighted by atomic mass is 35.5. The van der Waals surface area contributed by atoms with E-state index < -0.39 is 0 Å². The number of nitrogens with two attached hydrogens (primary N) is 1.